The quantitative estimate of drug-likeness (QED) is 0.472. The van der Waals surface area contributed by atoms with Crippen LogP contribution in [0, 0.1) is 12.8 Å². The molecule has 38 heavy (non-hydrogen) atoms. The molecule has 1 aliphatic heterocycles. The van der Waals surface area contributed by atoms with Gasteiger partial charge >= 0.3 is 0 Å². The zero-order valence-electron chi connectivity index (χ0n) is 22.0. The van der Waals surface area contributed by atoms with E-state index in [2.05, 4.69) is 15.5 Å². The minimum atomic E-state index is -0.160. The third kappa shape index (κ3) is 6.29. The Morgan fingerprint density at radius 2 is 1.47 bits per heavy atom. The van der Waals surface area contributed by atoms with Crippen molar-refractivity contribution in [2.45, 2.75) is 33.2 Å². The second-order valence-corrected chi connectivity index (χ2v) is 10.3. The van der Waals surface area contributed by atoms with Crippen LogP contribution < -0.4 is 10.6 Å². The number of hydrogen-bond donors (Lipinski definition) is 2. The molecule has 1 heterocycles. The van der Waals surface area contributed by atoms with Crippen LogP contribution in [0.1, 0.15) is 41.3 Å². The van der Waals surface area contributed by atoms with Gasteiger partial charge in [0, 0.05) is 62.5 Å². The van der Waals surface area contributed by atoms with Crippen molar-refractivity contribution in [2.24, 2.45) is 5.92 Å². The van der Waals surface area contributed by atoms with Gasteiger partial charge in [0.25, 0.3) is 5.91 Å². The van der Waals surface area contributed by atoms with Crippen LogP contribution in [0.15, 0.2) is 66.7 Å². The Morgan fingerprint density at radius 3 is 2.11 bits per heavy atom. The lowest BCUT2D eigenvalue weighted by atomic mass is 9.98. The second-order valence-electron chi connectivity index (χ2n) is 10.3. The number of hydrogen-bond acceptors (Lipinski definition) is 4. The third-order valence-electron chi connectivity index (χ3n) is 7.35. The van der Waals surface area contributed by atoms with E-state index in [-0.39, 0.29) is 23.6 Å². The van der Waals surface area contributed by atoms with Crippen LogP contribution in [0.4, 0.5) is 11.4 Å². The Balaban J connectivity index is 1.17. The van der Waals surface area contributed by atoms with Gasteiger partial charge in [0.15, 0.2) is 0 Å². The molecule has 3 aromatic carbocycles. The smallest absolute Gasteiger partial charge is 0.255 e. The molecule has 3 aromatic rings. The molecule has 2 N–H and O–H groups in total. The van der Waals surface area contributed by atoms with Gasteiger partial charge in [-0.3, -0.25) is 19.3 Å². The predicted octanol–water partition coefficient (Wildman–Crippen LogP) is 4.93. The largest absolute Gasteiger partial charge is 0.340 e. The van der Waals surface area contributed by atoms with E-state index in [4.69, 9.17) is 0 Å². The number of carbonyl (C=O) groups is 3. The van der Waals surface area contributed by atoms with Gasteiger partial charge in [-0.2, -0.15) is 0 Å². The van der Waals surface area contributed by atoms with Crippen molar-refractivity contribution < 1.29 is 14.4 Å². The minimum Gasteiger partial charge on any atom is -0.340 e. The molecular formula is C31H34N4O3. The summed E-state index contributed by atoms with van der Waals surface area (Å²) < 4.78 is 0. The van der Waals surface area contributed by atoms with Crippen LogP contribution in [0.5, 0.6) is 0 Å². The van der Waals surface area contributed by atoms with Crippen molar-refractivity contribution in [1.82, 2.24) is 9.80 Å². The van der Waals surface area contributed by atoms with E-state index >= 15 is 0 Å². The lowest BCUT2D eigenvalue weighted by Gasteiger charge is -2.34. The Morgan fingerprint density at radius 1 is 0.816 bits per heavy atom. The van der Waals surface area contributed by atoms with Gasteiger partial charge in [0.05, 0.1) is 0 Å². The fourth-order valence-corrected chi connectivity index (χ4v) is 4.78. The zero-order valence-corrected chi connectivity index (χ0v) is 22.0. The normalized spacial score (nSPS) is 15.7. The van der Waals surface area contributed by atoms with Crippen molar-refractivity contribution in [3.8, 4) is 11.1 Å². The number of rotatable bonds is 7. The van der Waals surface area contributed by atoms with E-state index < -0.39 is 0 Å². The number of nitrogens with one attached hydrogen (secondary N) is 2. The fourth-order valence-electron chi connectivity index (χ4n) is 4.78. The molecule has 0 radical (unpaired) electrons. The number of carbonyl (C=O) groups excluding carboxylic acids is 3. The molecule has 196 valence electrons. The van der Waals surface area contributed by atoms with E-state index in [1.165, 1.54) is 5.56 Å². The molecular weight excluding hydrogens is 476 g/mol. The SMILES string of the molecule is CC(=O)N1CCN(Cc2ccc(NC(=O)c3ccc(-c4cc(NC(=O)C5CC5)ccc4C)cc3)cc2)CC1. The highest BCUT2D eigenvalue weighted by molar-refractivity contribution is 6.04. The van der Waals surface area contributed by atoms with Crippen molar-refractivity contribution >= 4 is 29.1 Å². The molecule has 3 amide bonds. The zero-order chi connectivity index (χ0) is 26.6. The molecule has 2 fully saturated rings. The highest BCUT2D eigenvalue weighted by atomic mass is 16.2. The second kappa shape index (κ2) is 11.2. The first-order valence-electron chi connectivity index (χ1n) is 13.3. The topological polar surface area (TPSA) is 81.8 Å². The van der Waals surface area contributed by atoms with Crippen LogP contribution in [-0.4, -0.2) is 53.7 Å². The molecule has 0 spiro atoms. The monoisotopic (exact) mass is 510 g/mol. The van der Waals surface area contributed by atoms with E-state index in [0.717, 1.165) is 73.6 Å². The Bertz CT molecular complexity index is 1320. The van der Waals surface area contributed by atoms with Gasteiger partial charge < -0.3 is 15.5 Å². The maximum Gasteiger partial charge on any atom is 0.255 e. The summed E-state index contributed by atoms with van der Waals surface area (Å²) in [7, 11) is 0. The maximum atomic E-state index is 12.9. The number of anilines is 2. The Kier molecular flexibility index (Phi) is 7.56. The third-order valence-corrected chi connectivity index (χ3v) is 7.35. The van der Waals surface area contributed by atoms with Gasteiger partial charge in [0.1, 0.15) is 0 Å². The standard InChI is InChI=1S/C31H34N4O3/c1-21-3-12-28(33-31(38)26-10-11-26)19-29(21)24-6-8-25(9-7-24)30(37)32-27-13-4-23(5-14-27)20-34-15-17-35(18-16-34)22(2)36/h3-9,12-14,19,26H,10-11,15-18,20H2,1-2H3,(H,32,37)(H,33,38). The van der Waals surface area contributed by atoms with Crippen LogP contribution in [0.25, 0.3) is 11.1 Å². The Hall–Kier alpha value is -3.97. The van der Waals surface area contributed by atoms with Crippen LogP contribution in [-0.2, 0) is 16.1 Å². The van der Waals surface area contributed by atoms with Crippen LogP contribution in [0.3, 0.4) is 0 Å². The first-order valence-corrected chi connectivity index (χ1v) is 13.3. The molecule has 7 heteroatoms. The number of piperazine rings is 1. The summed E-state index contributed by atoms with van der Waals surface area (Å²) in [6, 6.07) is 21.4. The average molecular weight is 511 g/mol. The summed E-state index contributed by atoms with van der Waals surface area (Å²) in [5, 5.41) is 5.99. The van der Waals surface area contributed by atoms with Crippen molar-refractivity contribution in [3.63, 3.8) is 0 Å². The molecule has 7 nitrogen and oxygen atoms in total. The number of aryl methyl sites for hydroxylation is 1. The first kappa shape index (κ1) is 25.7. The van der Waals surface area contributed by atoms with Crippen molar-refractivity contribution in [3.05, 3.63) is 83.4 Å². The van der Waals surface area contributed by atoms with E-state index in [1.807, 2.05) is 78.6 Å². The number of amides is 3. The lowest BCUT2D eigenvalue weighted by Crippen LogP contribution is -2.47. The van der Waals surface area contributed by atoms with Crippen LogP contribution >= 0.6 is 0 Å². The van der Waals surface area contributed by atoms with Crippen molar-refractivity contribution in [1.29, 1.82) is 0 Å². The summed E-state index contributed by atoms with van der Waals surface area (Å²) in [6.07, 6.45) is 1.94. The molecule has 0 unspecified atom stereocenters. The van der Waals surface area contributed by atoms with Gasteiger partial charge in [0.2, 0.25) is 11.8 Å². The minimum absolute atomic E-state index is 0.0901. The van der Waals surface area contributed by atoms with Gasteiger partial charge in [-0.15, -0.1) is 0 Å². The summed E-state index contributed by atoms with van der Waals surface area (Å²) in [4.78, 5) is 40.7. The van der Waals surface area contributed by atoms with E-state index in [9.17, 15) is 14.4 Å². The van der Waals surface area contributed by atoms with Gasteiger partial charge in [-0.25, -0.2) is 0 Å². The van der Waals surface area contributed by atoms with E-state index in [1.54, 1.807) is 6.92 Å². The molecule has 1 aliphatic carbocycles. The van der Waals surface area contributed by atoms with Crippen molar-refractivity contribution in [2.75, 3.05) is 36.8 Å². The summed E-state index contributed by atoms with van der Waals surface area (Å²) in [5.41, 5.74) is 6.43. The molecule has 5 rings (SSSR count). The molecule has 2 aliphatic rings. The molecule has 0 bridgehead atoms. The maximum absolute atomic E-state index is 12.9. The predicted molar refractivity (Wildman–Crippen MR) is 150 cm³/mol. The summed E-state index contributed by atoms with van der Waals surface area (Å²) in [6.45, 7) is 7.76. The van der Waals surface area contributed by atoms with E-state index in [0.29, 0.717) is 5.56 Å². The highest BCUT2D eigenvalue weighted by Gasteiger charge is 2.29. The molecule has 1 saturated carbocycles. The molecule has 0 aromatic heterocycles. The summed E-state index contributed by atoms with van der Waals surface area (Å²) in [5.74, 6) is 0.223. The fraction of sp³-hybridized carbons (Fsp3) is 0.323. The lowest BCUT2D eigenvalue weighted by molar-refractivity contribution is -0.130. The average Bonchev–Trinajstić information content (AvgIpc) is 3.77. The van der Waals surface area contributed by atoms with Gasteiger partial charge in [-0.05, 0) is 78.4 Å². The highest BCUT2D eigenvalue weighted by Crippen LogP contribution is 2.32. The van der Waals surface area contributed by atoms with Gasteiger partial charge in [-0.1, -0.05) is 30.3 Å². The molecule has 1 saturated heterocycles. The number of nitrogens with zero attached hydrogens (tertiary/aromatic N) is 2. The first-order chi connectivity index (χ1) is 18.4. The molecule has 0 atom stereocenters. The Labute approximate surface area is 223 Å². The number of benzene rings is 3. The summed E-state index contributed by atoms with van der Waals surface area (Å²) >= 11 is 0. The van der Waals surface area contributed by atoms with Crippen LogP contribution in [0.2, 0.25) is 0 Å².